The third-order valence-electron chi connectivity index (χ3n) is 5.03. The molecule has 2 aliphatic heterocycles. The molecular weight excluding hydrogens is 437 g/mol. The van der Waals surface area contributed by atoms with Gasteiger partial charge in [0.25, 0.3) is 0 Å². The molecule has 0 spiro atoms. The lowest BCUT2D eigenvalue weighted by Crippen LogP contribution is -2.51. The molecule has 13 heteroatoms. The molecule has 1 amide bonds. The summed E-state index contributed by atoms with van der Waals surface area (Å²) in [6.07, 6.45) is -2.65. The number of halogens is 3. The van der Waals surface area contributed by atoms with Crippen LogP contribution in [0.5, 0.6) is 0 Å². The number of anilines is 4. The number of aromatic nitrogens is 2. The number of sulfonamides is 1. The van der Waals surface area contributed by atoms with E-state index < -0.39 is 21.8 Å². The van der Waals surface area contributed by atoms with E-state index in [1.807, 2.05) is 0 Å². The van der Waals surface area contributed by atoms with Crippen LogP contribution in [0, 0.1) is 5.92 Å². The minimum atomic E-state index is -4.65. The Morgan fingerprint density at radius 1 is 1.29 bits per heavy atom. The van der Waals surface area contributed by atoms with Gasteiger partial charge in [0.05, 0.1) is 12.7 Å². The third kappa shape index (κ3) is 4.71. The van der Waals surface area contributed by atoms with Crippen molar-refractivity contribution in [3.63, 3.8) is 0 Å². The maximum absolute atomic E-state index is 13.4. The predicted octanol–water partition coefficient (Wildman–Crippen LogP) is 2.04. The van der Waals surface area contributed by atoms with Crippen LogP contribution in [0.2, 0.25) is 0 Å². The van der Waals surface area contributed by atoms with E-state index in [1.165, 1.54) is 4.31 Å². The normalized spacial score (nSPS) is 17.1. The molecule has 0 aliphatic carbocycles. The van der Waals surface area contributed by atoms with Crippen molar-refractivity contribution in [2.45, 2.75) is 12.6 Å². The number of carbonyl (C=O) groups is 1. The number of hydrogen-bond donors (Lipinski definition) is 3. The second kappa shape index (κ2) is 7.64. The van der Waals surface area contributed by atoms with Crippen molar-refractivity contribution in [2.24, 2.45) is 5.92 Å². The van der Waals surface area contributed by atoms with E-state index in [-0.39, 0.29) is 49.6 Å². The van der Waals surface area contributed by atoms with Crippen LogP contribution >= 0.6 is 0 Å². The summed E-state index contributed by atoms with van der Waals surface area (Å²) in [5.41, 5.74) is 0.973. The SMILES string of the molecule is CS(=O)(=O)N1CC(CNc2nc(Nc3ccc4c(c3)CC(=O)N4)ncc2C(F)(F)F)C1. The summed E-state index contributed by atoms with van der Waals surface area (Å²) in [7, 11) is -3.30. The van der Waals surface area contributed by atoms with Gasteiger partial charge < -0.3 is 16.0 Å². The maximum atomic E-state index is 13.4. The van der Waals surface area contributed by atoms with E-state index in [0.29, 0.717) is 17.6 Å². The van der Waals surface area contributed by atoms with E-state index in [9.17, 15) is 26.4 Å². The zero-order valence-corrected chi connectivity index (χ0v) is 17.1. The topological polar surface area (TPSA) is 116 Å². The maximum Gasteiger partial charge on any atom is 0.421 e. The summed E-state index contributed by atoms with van der Waals surface area (Å²) in [4.78, 5) is 19.2. The highest BCUT2D eigenvalue weighted by Gasteiger charge is 2.37. The van der Waals surface area contributed by atoms with Crippen LogP contribution in [0.3, 0.4) is 0 Å². The molecule has 4 rings (SSSR count). The Bertz CT molecular complexity index is 1130. The zero-order chi connectivity index (χ0) is 22.4. The van der Waals surface area contributed by atoms with Gasteiger partial charge in [0.15, 0.2) is 0 Å². The lowest BCUT2D eigenvalue weighted by Gasteiger charge is -2.37. The van der Waals surface area contributed by atoms with Crippen LogP contribution in [0.25, 0.3) is 0 Å². The fourth-order valence-electron chi connectivity index (χ4n) is 3.38. The van der Waals surface area contributed by atoms with Crippen molar-refractivity contribution in [3.8, 4) is 0 Å². The first kappa shape index (κ1) is 21.3. The van der Waals surface area contributed by atoms with Gasteiger partial charge in [-0.1, -0.05) is 0 Å². The van der Waals surface area contributed by atoms with Gasteiger partial charge in [-0.15, -0.1) is 0 Å². The van der Waals surface area contributed by atoms with Crippen molar-refractivity contribution < 1.29 is 26.4 Å². The summed E-state index contributed by atoms with van der Waals surface area (Å²) in [5.74, 6) is -0.682. The van der Waals surface area contributed by atoms with Crippen molar-refractivity contribution in [1.29, 1.82) is 0 Å². The van der Waals surface area contributed by atoms with E-state index in [2.05, 4.69) is 25.9 Å². The minimum absolute atomic E-state index is 0.0425. The lowest BCUT2D eigenvalue weighted by molar-refractivity contribution is -0.137. The highest BCUT2D eigenvalue weighted by atomic mass is 32.2. The second-order valence-corrected chi connectivity index (χ2v) is 9.48. The number of alkyl halides is 3. The van der Waals surface area contributed by atoms with Crippen LogP contribution in [0.4, 0.5) is 36.3 Å². The summed E-state index contributed by atoms with van der Waals surface area (Å²) in [5, 5.41) is 8.23. The molecule has 2 aromatic rings. The van der Waals surface area contributed by atoms with Gasteiger partial charge >= 0.3 is 6.18 Å². The van der Waals surface area contributed by atoms with Crippen LogP contribution in [-0.4, -0.2) is 54.5 Å². The fraction of sp³-hybridized carbons (Fsp3) is 0.389. The van der Waals surface area contributed by atoms with E-state index >= 15 is 0 Å². The van der Waals surface area contributed by atoms with Gasteiger partial charge in [0.2, 0.25) is 21.9 Å². The first-order valence-electron chi connectivity index (χ1n) is 9.32. The molecule has 2 aliphatic rings. The molecule has 0 unspecified atom stereocenters. The molecular formula is C18H19F3N6O3S. The average molecular weight is 456 g/mol. The number of carbonyl (C=O) groups excluding carboxylic acids is 1. The van der Waals surface area contributed by atoms with E-state index in [4.69, 9.17) is 0 Å². The smallest absolute Gasteiger partial charge is 0.369 e. The monoisotopic (exact) mass is 456 g/mol. The number of hydrogen-bond acceptors (Lipinski definition) is 7. The molecule has 9 nitrogen and oxygen atoms in total. The molecule has 166 valence electrons. The quantitative estimate of drug-likeness (QED) is 0.609. The van der Waals surface area contributed by atoms with E-state index in [1.54, 1.807) is 18.2 Å². The Labute approximate surface area is 176 Å². The van der Waals surface area contributed by atoms with Crippen molar-refractivity contribution in [2.75, 3.05) is 41.8 Å². The molecule has 3 N–H and O–H groups in total. The van der Waals surface area contributed by atoms with Crippen LogP contribution < -0.4 is 16.0 Å². The Hall–Kier alpha value is -2.93. The summed E-state index contributed by atoms with van der Waals surface area (Å²) < 4.78 is 64.2. The molecule has 1 saturated heterocycles. The number of nitrogens with one attached hydrogen (secondary N) is 3. The average Bonchev–Trinajstić information content (AvgIpc) is 2.97. The molecule has 0 atom stereocenters. The van der Waals surface area contributed by atoms with Crippen LogP contribution in [0.15, 0.2) is 24.4 Å². The Morgan fingerprint density at radius 2 is 2.03 bits per heavy atom. The second-order valence-electron chi connectivity index (χ2n) is 7.50. The number of benzene rings is 1. The van der Waals surface area contributed by atoms with Crippen molar-refractivity contribution >= 4 is 39.1 Å². The first-order valence-corrected chi connectivity index (χ1v) is 11.2. The zero-order valence-electron chi connectivity index (χ0n) is 16.3. The molecule has 3 heterocycles. The van der Waals surface area contributed by atoms with Gasteiger partial charge in [-0.25, -0.2) is 17.7 Å². The lowest BCUT2D eigenvalue weighted by atomic mass is 10.0. The molecule has 0 bridgehead atoms. The molecule has 1 aromatic heterocycles. The van der Waals surface area contributed by atoms with Gasteiger partial charge in [0.1, 0.15) is 11.4 Å². The molecule has 31 heavy (non-hydrogen) atoms. The van der Waals surface area contributed by atoms with Gasteiger partial charge in [-0.2, -0.15) is 18.2 Å². The highest BCUT2D eigenvalue weighted by Crippen LogP contribution is 2.35. The molecule has 1 fully saturated rings. The fourth-order valence-corrected chi connectivity index (χ4v) is 4.35. The molecule has 1 aromatic carbocycles. The van der Waals surface area contributed by atoms with Crippen molar-refractivity contribution in [1.82, 2.24) is 14.3 Å². The Morgan fingerprint density at radius 3 is 2.71 bits per heavy atom. The standard InChI is InChI=1S/C18H19F3N6O3S/c1-31(29,30)27-8-10(9-27)6-22-16-13(18(19,20)21)7-23-17(26-16)24-12-2-3-14-11(4-12)5-15(28)25-14/h2-4,7,10H,5-6,8-9H2,1H3,(H,25,28)(H2,22,23,24,26). The Balaban J connectivity index is 1.49. The number of fused-ring (bicyclic) bond motifs is 1. The van der Waals surface area contributed by atoms with Crippen LogP contribution in [0.1, 0.15) is 11.1 Å². The highest BCUT2D eigenvalue weighted by molar-refractivity contribution is 7.88. The first-order chi connectivity index (χ1) is 14.5. The van der Waals surface area contributed by atoms with Gasteiger partial charge in [-0.05, 0) is 23.8 Å². The summed E-state index contributed by atoms with van der Waals surface area (Å²) in [6, 6.07) is 5.05. The number of rotatable bonds is 6. The largest absolute Gasteiger partial charge is 0.421 e. The van der Waals surface area contributed by atoms with Gasteiger partial charge in [0, 0.05) is 43.1 Å². The number of amides is 1. The van der Waals surface area contributed by atoms with Crippen molar-refractivity contribution in [3.05, 3.63) is 35.5 Å². The van der Waals surface area contributed by atoms with Crippen LogP contribution in [-0.2, 0) is 27.4 Å². The third-order valence-corrected chi connectivity index (χ3v) is 6.27. The minimum Gasteiger partial charge on any atom is -0.369 e. The Kier molecular flexibility index (Phi) is 5.25. The molecule has 0 saturated carbocycles. The van der Waals surface area contributed by atoms with Gasteiger partial charge in [-0.3, -0.25) is 4.79 Å². The summed E-state index contributed by atoms with van der Waals surface area (Å²) in [6.45, 7) is 0.620. The van der Waals surface area contributed by atoms with E-state index in [0.717, 1.165) is 11.8 Å². The predicted molar refractivity (Wildman–Crippen MR) is 107 cm³/mol. The number of nitrogens with zero attached hydrogens (tertiary/aromatic N) is 3. The summed E-state index contributed by atoms with van der Waals surface area (Å²) >= 11 is 0. The molecule has 0 radical (unpaired) electrons.